The minimum Gasteiger partial charge on any atom is -0.493 e. The Morgan fingerprint density at radius 2 is 0.800 bits per heavy atom. The lowest BCUT2D eigenvalue weighted by Crippen LogP contribution is -1.96. The van der Waals surface area contributed by atoms with Crippen molar-refractivity contribution < 1.29 is 28.4 Å². The monoisotopic (exact) mass is 408 g/mol. The fraction of sp³-hybridized carbons (Fsp3) is 0.250. The van der Waals surface area contributed by atoms with Crippen LogP contribution in [-0.4, -0.2) is 42.7 Å². The van der Waals surface area contributed by atoms with Crippen molar-refractivity contribution in [2.75, 3.05) is 42.7 Å². The van der Waals surface area contributed by atoms with Crippen molar-refractivity contribution in [2.24, 2.45) is 0 Å². The van der Waals surface area contributed by atoms with Gasteiger partial charge in [-0.2, -0.15) is 0 Å². The highest BCUT2D eigenvalue weighted by Gasteiger charge is 2.20. The van der Waals surface area contributed by atoms with Gasteiger partial charge in [0.2, 0.25) is 0 Å². The van der Waals surface area contributed by atoms with Gasteiger partial charge in [0.1, 0.15) is 0 Å². The Morgan fingerprint density at radius 3 is 1.23 bits per heavy atom. The minimum atomic E-state index is 0.635. The molecule has 0 saturated heterocycles. The van der Waals surface area contributed by atoms with E-state index in [-0.39, 0.29) is 0 Å². The highest BCUT2D eigenvalue weighted by atomic mass is 16.5. The molecule has 156 valence electrons. The van der Waals surface area contributed by atoms with Gasteiger partial charge in [0, 0.05) is 5.39 Å². The Balaban J connectivity index is 2.33. The summed E-state index contributed by atoms with van der Waals surface area (Å²) in [4.78, 5) is 0. The van der Waals surface area contributed by atoms with E-state index in [9.17, 15) is 0 Å². The third-order valence-electron chi connectivity index (χ3n) is 5.44. The SMILES string of the molecule is COc1cc2c(cc1OC)c1ccc(OC)c(OC)c1c1cc(OC)c(OC)cc21. The molecule has 6 nitrogen and oxygen atoms in total. The highest BCUT2D eigenvalue weighted by Crippen LogP contribution is 2.48. The molecule has 4 aromatic carbocycles. The van der Waals surface area contributed by atoms with Crippen molar-refractivity contribution in [3.05, 3.63) is 36.4 Å². The van der Waals surface area contributed by atoms with Crippen molar-refractivity contribution in [1.82, 2.24) is 0 Å². The molecule has 30 heavy (non-hydrogen) atoms. The van der Waals surface area contributed by atoms with Crippen LogP contribution in [0.2, 0.25) is 0 Å². The molecule has 0 heterocycles. The molecule has 0 aromatic heterocycles. The summed E-state index contributed by atoms with van der Waals surface area (Å²) in [6, 6.07) is 11.8. The Labute approximate surface area is 174 Å². The predicted molar refractivity (Wildman–Crippen MR) is 118 cm³/mol. The Bertz CT molecular complexity index is 1230. The number of ether oxygens (including phenoxy) is 6. The Morgan fingerprint density at radius 1 is 0.400 bits per heavy atom. The van der Waals surface area contributed by atoms with Crippen LogP contribution in [0.25, 0.3) is 32.3 Å². The molecule has 0 atom stereocenters. The first-order valence-corrected chi connectivity index (χ1v) is 9.39. The van der Waals surface area contributed by atoms with Gasteiger partial charge >= 0.3 is 0 Å². The first kappa shape index (κ1) is 19.8. The molecule has 0 bridgehead atoms. The second kappa shape index (κ2) is 7.71. The van der Waals surface area contributed by atoms with E-state index in [0.29, 0.717) is 34.5 Å². The number of hydrogen-bond acceptors (Lipinski definition) is 6. The number of methoxy groups -OCH3 is 6. The van der Waals surface area contributed by atoms with Gasteiger partial charge in [-0.1, -0.05) is 0 Å². The Hall–Kier alpha value is -3.54. The van der Waals surface area contributed by atoms with Crippen LogP contribution >= 0.6 is 0 Å². The van der Waals surface area contributed by atoms with E-state index >= 15 is 0 Å². The van der Waals surface area contributed by atoms with Crippen LogP contribution in [0.5, 0.6) is 34.5 Å². The van der Waals surface area contributed by atoms with Crippen molar-refractivity contribution in [3.8, 4) is 34.5 Å². The number of fused-ring (bicyclic) bond motifs is 6. The molecule has 6 heteroatoms. The summed E-state index contributed by atoms with van der Waals surface area (Å²) >= 11 is 0. The lowest BCUT2D eigenvalue weighted by molar-refractivity contribution is 0.355. The normalized spacial score (nSPS) is 11.0. The quantitative estimate of drug-likeness (QED) is 0.409. The van der Waals surface area contributed by atoms with Crippen LogP contribution in [0.3, 0.4) is 0 Å². The molecular formula is C24H24O6. The fourth-order valence-corrected chi connectivity index (χ4v) is 4.05. The van der Waals surface area contributed by atoms with Crippen molar-refractivity contribution in [1.29, 1.82) is 0 Å². The van der Waals surface area contributed by atoms with E-state index in [4.69, 9.17) is 28.4 Å². The van der Waals surface area contributed by atoms with Crippen LogP contribution in [0.1, 0.15) is 0 Å². The van der Waals surface area contributed by atoms with Gasteiger partial charge < -0.3 is 28.4 Å². The van der Waals surface area contributed by atoms with E-state index < -0.39 is 0 Å². The first-order chi connectivity index (χ1) is 14.6. The van der Waals surface area contributed by atoms with Crippen molar-refractivity contribution in [2.45, 2.75) is 0 Å². The van der Waals surface area contributed by atoms with E-state index in [2.05, 4.69) is 0 Å². The summed E-state index contributed by atoms with van der Waals surface area (Å²) in [6.45, 7) is 0. The molecule has 0 saturated carbocycles. The predicted octanol–water partition coefficient (Wildman–Crippen LogP) is 5.20. The third-order valence-corrected chi connectivity index (χ3v) is 5.44. The zero-order valence-electron chi connectivity index (χ0n) is 17.9. The average Bonchev–Trinajstić information content (AvgIpc) is 2.81. The van der Waals surface area contributed by atoms with Crippen LogP contribution in [0, 0.1) is 0 Å². The van der Waals surface area contributed by atoms with Crippen LogP contribution < -0.4 is 28.4 Å². The van der Waals surface area contributed by atoms with E-state index in [1.54, 1.807) is 42.7 Å². The molecule has 0 radical (unpaired) electrons. The molecule has 0 spiro atoms. The molecule has 0 unspecified atom stereocenters. The third kappa shape index (κ3) is 2.79. The second-order valence-corrected chi connectivity index (χ2v) is 6.73. The van der Waals surface area contributed by atoms with Gasteiger partial charge in [0.25, 0.3) is 0 Å². The van der Waals surface area contributed by atoms with Gasteiger partial charge in [0.15, 0.2) is 34.5 Å². The lowest BCUT2D eigenvalue weighted by atomic mass is 9.92. The van der Waals surface area contributed by atoms with Crippen LogP contribution in [-0.2, 0) is 0 Å². The summed E-state index contributed by atoms with van der Waals surface area (Å²) in [5, 5.41) is 5.86. The standard InChI is InChI=1S/C24H24O6/c1-25-18-8-7-13-14-9-19(26-2)20(27-3)10-15(14)16-11-21(28-4)22(29-5)12-17(16)23(13)24(18)30-6/h7-12H,1-6H3. The molecule has 0 amide bonds. The number of benzene rings is 4. The van der Waals surface area contributed by atoms with Gasteiger partial charge in [-0.05, 0) is 63.3 Å². The summed E-state index contributed by atoms with van der Waals surface area (Å²) in [5.74, 6) is 3.89. The highest BCUT2D eigenvalue weighted by molar-refractivity contribution is 6.28. The maximum absolute atomic E-state index is 5.79. The summed E-state index contributed by atoms with van der Waals surface area (Å²) in [5.41, 5.74) is 0. The number of hydrogen-bond donors (Lipinski definition) is 0. The smallest absolute Gasteiger partial charge is 0.169 e. The van der Waals surface area contributed by atoms with Gasteiger partial charge in [-0.25, -0.2) is 0 Å². The molecule has 0 N–H and O–H groups in total. The lowest BCUT2D eigenvalue weighted by Gasteiger charge is -2.19. The fourth-order valence-electron chi connectivity index (χ4n) is 4.05. The van der Waals surface area contributed by atoms with Crippen molar-refractivity contribution >= 4 is 32.3 Å². The molecular weight excluding hydrogens is 384 g/mol. The van der Waals surface area contributed by atoms with E-state index in [1.165, 1.54) is 0 Å². The number of rotatable bonds is 6. The van der Waals surface area contributed by atoms with Crippen LogP contribution in [0.15, 0.2) is 36.4 Å². The zero-order chi connectivity index (χ0) is 21.4. The van der Waals surface area contributed by atoms with E-state index in [1.807, 2.05) is 36.4 Å². The van der Waals surface area contributed by atoms with Crippen molar-refractivity contribution in [3.63, 3.8) is 0 Å². The Kier molecular flexibility index (Phi) is 5.08. The second-order valence-electron chi connectivity index (χ2n) is 6.73. The first-order valence-electron chi connectivity index (χ1n) is 9.39. The molecule has 0 aliphatic rings. The molecule has 0 aliphatic carbocycles. The topological polar surface area (TPSA) is 55.4 Å². The molecule has 4 aromatic rings. The van der Waals surface area contributed by atoms with Crippen LogP contribution in [0.4, 0.5) is 0 Å². The largest absolute Gasteiger partial charge is 0.493 e. The molecule has 0 aliphatic heterocycles. The van der Waals surface area contributed by atoms with Gasteiger partial charge in [-0.3, -0.25) is 0 Å². The molecule has 0 fully saturated rings. The summed E-state index contributed by atoms with van der Waals surface area (Å²) in [6.07, 6.45) is 0. The summed E-state index contributed by atoms with van der Waals surface area (Å²) in [7, 11) is 9.78. The van der Waals surface area contributed by atoms with Gasteiger partial charge in [0.05, 0.1) is 42.7 Å². The maximum Gasteiger partial charge on any atom is 0.169 e. The minimum absolute atomic E-state index is 0.635. The summed E-state index contributed by atoms with van der Waals surface area (Å²) < 4.78 is 33.6. The maximum atomic E-state index is 5.79. The molecule has 4 rings (SSSR count). The zero-order valence-corrected chi connectivity index (χ0v) is 17.9. The van der Waals surface area contributed by atoms with E-state index in [0.717, 1.165) is 32.3 Å². The van der Waals surface area contributed by atoms with Gasteiger partial charge in [-0.15, -0.1) is 0 Å². The average molecular weight is 408 g/mol.